The number of thiophene rings is 1. The molecule has 0 bridgehead atoms. The van der Waals surface area contributed by atoms with Crippen molar-refractivity contribution in [2.75, 3.05) is 7.11 Å². The van der Waals surface area contributed by atoms with Crippen molar-refractivity contribution in [1.82, 2.24) is 0 Å². The van der Waals surface area contributed by atoms with E-state index < -0.39 is 11.7 Å². The van der Waals surface area contributed by atoms with Crippen molar-refractivity contribution in [2.24, 2.45) is 0 Å². The van der Waals surface area contributed by atoms with E-state index >= 15 is 0 Å². The Morgan fingerprint density at radius 3 is 2.50 bits per heavy atom. The highest BCUT2D eigenvalue weighted by atomic mass is 32.1. The van der Waals surface area contributed by atoms with Crippen molar-refractivity contribution in [3.63, 3.8) is 0 Å². The fraction of sp³-hybridized carbons (Fsp3) is 0.400. The van der Waals surface area contributed by atoms with E-state index in [1.165, 1.54) is 12.5 Å². The van der Waals surface area contributed by atoms with E-state index in [1.54, 1.807) is 11.3 Å². The standard InChI is InChI=1S/C15H19BO3S/c1-15(2,3)19-12(14(17)18-4)13-11(16)9-7-5-6-8-10(9)20-13/h5-8,12H,16H2,1-4H3. The summed E-state index contributed by atoms with van der Waals surface area (Å²) in [5, 5.41) is 1.17. The maximum absolute atomic E-state index is 12.1. The first-order valence-corrected chi connectivity index (χ1v) is 7.39. The molecule has 0 saturated carbocycles. The molecule has 0 aliphatic heterocycles. The molecule has 2 aromatic rings. The van der Waals surface area contributed by atoms with Gasteiger partial charge in [-0.25, -0.2) is 4.79 Å². The molecule has 106 valence electrons. The number of hydrogen-bond acceptors (Lipinski definition) is 4. The number of carbonyl (C=O) groups excluding carboxylic acids is 1. The number of carbonyl (C=O) groups is 1. The molecular weight excluding hydrogens is 271 g/mol. The lowest BCUT2D eigenvalue weighted by Gasteiger charge is -2.25. The lowest BCUT2D eigenvalue weighted by Crippen LogP contribution is -2.30. The maximum Gasteiger partial charge on any atom is 0.340 e. The molecule has 0 radical (unpaired) electrons. The fourth-order valence-electron chi connectivity index (χ4n) is 2.11. The van der Waals surface area contributed by atoms with Crippen LogP contribution in [0.2, 0.25) is 0 Å². The Labute approximate surface area is 124 Å². The molecule has 5 heteroatoms. The minimum Gasteiger partial charge on any atom is -0.467 e. The highest BCUT2D eigenvalue weighted by Crippen LogP contribution is 2.32. The van der Waals surface area contributed by atoms with E-state index in [9.17, 15) is 4.79 Å². The molecular formula is C15H19BO3S. The molecule has 1 aromatic heterocycles. The molecule has 0 aliphatic rings. The van der Waals surface area contributed by atoms with E-state index in [4.69, 9.17) is 9.47 Å². The zero-order valence-electron chi connectivity index (χ0n) is 12.5. The summed E-state index contributed by atoms with van der Waals surface area (Å²) in [6, 6.07) is 8.13. The van der Waals surface area contributed by atoms with Gasteiger partial charge in [0.2, 0.25) is 0 Å². The Hall–Kier alpha value is -1.33. The van der Waals surface area contributed by atoms with Gasteiger partial charge in [0.25, 0.3) is 0 Å². The predicted octanol–water partition coefficient (Wildman–Crippen LogP) is 2.19. The van der Waals surface area contributed by atoms with Crippen LogP contribution < -0.4 is 5.46 Å². The fourth-order valence-corrected chi connectivity index (χ4v) is 3.34. The monoisotopic (exact) mass is 290 g/mol. The lowest BCUT2D eigenvalue weighted by atomic mass is 9.91. The Morgan fingerprint density at radius 1 is 1.30 bits per heavy atom. The largest absolute Gasteiger partial charge is 0.467 e. The highest BCUT2D eigenvalue weighted by molar-refractivity contribution is 7.20. The number of esters is 1. The number of methoxy groups -OCH3 is 1. The van der Waals surface area contributed by atoms with Gasteiger partial charge in [-0.1, -0.05) is 23.7 Å². The Bertz CT molecular complexity index is 628. The third kappa shape index (κ3) is 3.05. The summed E-state index contributed by atoms with van der Waals surface area (Å²) in [6.07, 6.45) is -0.669. The first-order chi connectivity index (χ1) is 9.33. The van der Waals surface area contributed by atoms with Crippen molar-refractivity contribution in [3.8, 4) is 0 Å². The van der Waals surface area contributed by atoms with E-state index in [0.29, 0.717) is 0 Å². The number of ether oxygens (including phenoxy) is 2. The van der Waals surface area contributed by atoms with Gasteiger partial charge >= 0.3 is 5.97 Å². The predicted molar refractivity (Wildman–Crippen MR) is 85.6 cm³/mol. The molecule has 1 heterocycles. The summed E-state index contributed by atoms with van der Waals surface area (Å²) in [7, 11) is 3.42. The van der Waals surface area contributed by atoms with Gasteiger partial charge < -0.3 is 9.47 Å². The Kier molecular flexibility index (Phi) is 4.21. The van der Waals surface area contributed by atoms with Crippen LogP contribution in [-0.4, -0.2) is 26.5 Å². The molecule has 0 N–H and O–H groups in total. The van der Waals surface area contributed by atoms with Crippen LogP contribution >= 0.6 is 11.3 Å². The molecule has 3 nitrogen and oxygen atoms in total. The number of hydrogen-bond donors (Lipinski definition) is 0. The van der Waals surface area contributed by atoms with E-state index in [1.807, 2.05) is 40.8 Å². The summed E-state index contributed by atoms with van der Waals surface area (Å²) in [4.78, 5) is 13.0. The zero-order valence-corrected chi connectivity index (χ0v) is 13.3. The average Bonchev–Trinajstić information content (AvgIpc) is 2.72. The van der Waals surface area contributed by atoms with Crippen LogP contribution in [0, 0.1) is 0 Å². The Morgan fingerprint density at radius 2 is 1.95 bits per heavy atom. The first kappa shape index (κ1) is 15.1. The van der Waals surface area contributed by atoms with Crippen LogP contribution in [0.25, 0.3) is 10.1 Å². The van der Waals surface area contributed by atoms with Crippen LogP contribution in [0.1, 0.15) is 31.8 Å². The van der Waals surface area contributed by atoms with Gasteiger partial charge in [-0.2, -0.15) is 0 Å². The Balaban J connectivity index is 2.50. The molecule has 0 saturated heterocycles. The van der Waals surface area contributed by atoms with Crippen LogP contribution in [0.3, 0.4) is 0 Å². The molecule has 1 unspecified atom stereocenters. The molecule has 1 aromatic carbocycles. The van der Waals surface area contributed by atoms with Gasteiger partial charge in [0.15, 0.2) is 6.10 Å². The molecule has 20 heavy (non-hydrogen) atoms. The van der Waals surface area contributed by atoms with Crippen LogP contribution in [0.15, 0.2) is 24.3 Å². The zero-order chi connectivity index (χ0) is 14.9. The molecule has 2 rings (SSSR count). The SMILES string of the molecule is Bc1c(C(OC(C)(C)C)C(=O)OC)sc2ccccc12. The maximum atomic E-state index is 12.1. The normalized spacial score (nSPS) is 13.4. The van der Waals surface area contributed by atoms with Crippen molar-refractivity contribution >= 4 is 40.7 Å². The number of fused-ring (bicyclic) bond motifs is 1. The second-order valence-corrected chi connectivity index (χ2v) is 6.80. The highest BCUT2D eigenvalue weighted by Gasteiger charge is 2.30. The lowest BCUT2D eigenvalue weighted by molar-refractivity contribution is -0.163. The van der Waals surface area contributed by atoms with Gasteiger partial charge in [0.1, 0.15) is 7.85 Å². The topological polar surface area (TPSA) is 35.5 Å². The second-order valence-electron chi connectivity index (χ2n) is 5.72. The minimum atomic E-state index is -0.669. The van der Waals surface area contributed by atoms with Gasteiger partial charge in [0, 0.05) is 9.58 Å². The quantitative estimate of drug-likeness (QED) is 0.642. The van der Waals surface area contributed by atoms with Gasteiger partial charge in [0.05, 0.1) is 12.7 Å². The van der Waals surface area contributed by atoms with Gasteiger partial charge in [-0.05, 0) is 32.2 Å². The van der Waals surface area contributed by atoms with Crippen LogP contribution in [0.4, 0.5) is 0 Å². The second kappa shape index (κ2) is 5.58. The van der Waals surface area contributed by atoms with E-state index in [2.05, 4.69) is 12.1 Å². The molecule has 0 aliphatic carbocycles. The average molecular weight is 290 g/mol. The van der Waals surface area contributed by atoms with Crippen LogP contribution in [0.5, 0.6) is 0 Å². The molecule has 1 atom stereocenters. The third-order valence-corrected chi connectivity index (χ3v) is 4.32. The van der Waals surface area contributed by atoms with Gasteiger partial charge in [-0.3, -0.25) is 0 Å². The molecule has 0 amide bonds. The van der Waals surface area contributed by atoms with Crippen molar-refractivity contribution < 1.29 is 14.3 Å². The molecule has 0 spiro atoms. The summed E-state index contributed by atoms with van der Waals surface area (Å²) in [5.74, 6) is -0.352. The van der Waals surface area contributed by atoms with E-state index in [-0.39, 0.29) is 5.97 Å². The van der Waals surface area contributed by atoms with Crippen molar-refractivity contribution in [2.45, 2.75) is 32.5 Å². The van der Waals surface area contributed by atoms with Crippen molar-refractivity contribution in [3.05, 3.63) is 29.1 Å². The summed E-state index contributed by atoms with van der Waals surface area (Å²) < 4.78 is 12.0. The third-order valence-electron chi connectivity index (χ3n) is 3.01. The smallest absolute Gasteiger partial charge is 0.340 e. The molecule has 0 fully saturated rings. The number of benzene rings is 1. The summed E-state index contributed by atoms with van der Waals surface area (Å²) in [5.41, 5.74) is 0.673. The van der Waals surface area contributed by atoms with E-state index in [0.717, 1.165) is 15.0 Å². The first-order valence-electron chi connectivity index (χ1n) is 6.57. The minimum absolute atomic E-state index is 0.352. The van der Waals surface area contributed by atoms with Gasteiger partial charge in [-0.15, -0.1) is 11.3 Å². The number of rotatable bonds is 3. The van der Waals surface area contributed by atoms with Crippen molar-refractivity contribution in [1.29, 1.82) is 0 Å². The summed E-state index contributed by atoms with van der Waals surface area (Å²) >= 11 is 1.59. The summed E-state index contributed by atoms with van der Waals surface area (Å²) in [6.45, 7) is 5.81. The van der Waals surface area contributed by atoms with Crippen LogP contribution in [-0.2, 0) is 14.3 Å².